The average molecular weight is 425 g/mol. The summed E-state index contributed by atoms with van der Waals surface area (Å²) in [4.78, 5) is 28.7. The second kappa shape index (κ2) is 8.12. The zero-order valence-corrected chi connectivity index (χ0v) is 16.7. The quantitative estimate of drug-likeness (QED) is 0.599. The molecule has 0 saturated heterocycles. The van der Waals surface area contributed by atoms with Crippen LogP contribution < -0.4 is 10.1 Å². The van der Waals surface area contributed by atoms with Crippen molar-refractivity contribution in [2.24, 2.45) is 0 Å². The summed E-state index contributed by atoms with van der Waals surface area (Å²) < 4.78 is 10.3. The Bertz CT molecular complexity index is 1040. The van der Waals surface area contributed by atoms with Crippen LogP contribution in [0, 0.1) is 6.92 Å². The number of nitrogens with one attached hydrogen (secondary N) is 1. The molecule has 9 heteroatoms. The minimum absolute atomic E-state index is 0.254. The third kappa shape index (κ3) is 4.16. The number of benzene rings is 1. The van der Waals surface area contributed by atoms with Gasteiger partial charge in [0.15, 0.2) is 12.4 Å². The molecule has 2 heterocycles. The SMILES string of the molecule is COC(=O)c1sccc1NC(=O)COc1c(Cl)cc(Cl)c2ccc(C)nc12. The highest BCUT2D eigenvalue weighted by Crippen LogP contribution is 2.37. The lowest BCUT2D eigenvalue weighted by molar-refractivity contribution is -0.118. The van der Waals surface area contributed by atoms with Crippen LogP contribution in [0.15, 0.2) is 29.6 Å². The van der Waals surface area contributed by atoms with Gasteiger partial charge in [-0.1, -0.05) is 23.2 Å². The molecule has 0 atom stereocenters. The summed E-state index contributed by atoms with van der Waals surface area (Å²) in [5.41, 5.74) is 1.60. The van der Waals surface area contributed by atoms with Crippen molar-refractivity contribution in [2.45, 2.75) is 6.92 Å². The molecule has 0 fully saturated rings. The first-order valence-electron chi connectivity index (χ1n) is 7.74. The summed E-state index contributed by atoms with van der Waals surface area (Å²) in [7, 11) is 1.28. The Balaban J connectivity index is 1.79. The summed E-state index contributed by atoms with van der Waals surface area (Å²) in [6.45, 7) is 1.51. The van der Waals surface area contributed by atoms with Crippen molar-refractivity contribution in [3.63, 3.8) is 0 Å². The van der Waals surface area contributed by atoms with E-state index in [9.17, 15) is 9.59 Å². The van der Waals surface area contributed by atoms with Crippen LogP contribution >= 0.6 is 34.5 Å². The van der Waals surface area contributed by atoms with E-state index in [1.165, 1.54) is 18.4 Å². The monoisotopic (exact) mass is 424 g/mol. The van der Waals surface area contributed by atoms with Crippen molar-refractivity contribution in [3.8, 4) is 5.75 Å². The fraction of sp³-hybridized carbons (Fsp3) is 0.167. The van der Waals surface area contributed by atoms with Crippen LogP contribution in [0.3, 0.4) is 0 Å². The van der Waals surface area contributed by atoms with Crippen LogP contribution in [0.25, 0.3) is 10.9 Å². The highest BCUT2D eigenvalue weighted by atomic mass is 35.5. The summed E-state index contributed by atoms with van der Waals surface area (Å²) >= 11 is 13.6. The smallest absolute Gasteiger partial charge is 0.350 e. The van der Waals surface area contributed by atoms with Gasteiger partial charge in [-0.25, -0.2) is 9.78 Å². The lowest BCUT2D eigenvalue weighted by Crippen LogP contribution is -2.21. The maximum absolute atomic E-state index is 12.3. The zero-order chi connectivity index (χ0) is 19.6. The van der Waals surface area contributed by atoms with E-state index in [2.05, 4.69) is 15.0 Å². The molecular formula is C18H14Cl2N2O4S. The normalized spacial score (nSPS) is 10.7. The standard InChI is InChI=1S/C18H14Cl2N2O4S/c1-9-3-4-10-11(19)7-12(20)16(15(10)21-9)26-8-14(23)22-13-5-6-27-17(13)18(24)25-2/h3-7H,8H2,1-2H3,(H,22,23). The van der Waals surface area contributed by atoms with Crippen molar-refractivity contribution in [2.75, 3.05) is 19.0 Å². The largest absolute Gasteiger partial charge is 0.480 e. The van der Waals surface area contributed by atoms with Gasteiger partial charge in [-0.2, -0.15) is 0 Å². The number of esters is 1. The third-order valence-corrected chi connectivity index (χ3v) is 5.12. The number of thiophene rings is 1. The lowest BCUT2D eigenvalue weighted by atomic mass is 10.2. The van der Waals surface area contributed by atoms with Crippen molar-refractivity contribution >= 4 is 63.0 Å². The Morgan fingerprint density at radius 3 is 2.74 bits per heavy atom. The van der Waals surface area contributed by atoms with E-state index in [1.54, 1.807) is 17.5 Å². The molecule has 1 N–H and O–H groups in total. The Hall–Kier alpha value is -2.35. The number of hydrogen-bond donors (Lipinski definition) is 1. The molecule has 3 rings (SSSR count). The van der Waals surface area contributed by atoms with E-state index in [0.29, 0.717) is 26.5 Å². The first-order valence-corrected chi connectivity index (χ1v) is 9.38. The van der Waals surface area contributed by atoms with Gasteiger partial charge in [-0.05, 0) is 36.6 Å². The maximum Gasteiger partial charge on any atom is 0.350 e. The summed E-state index contributed by atoms with van der Waals surface area (Å²) in [5.74, 6) is -0.702. The Morgan fingerprint density at radius 2 is 2.00 bits per heavy atom. The van der Waals surface area contributed by atoms with Crippen molar-refractivity contribution in [1.29, 1.82) is 0 Å². The van der Waals surface area contributed by atoms with Crippen molar-refractivity contribution in [3.05, 3.63) is 50.3 Å². The van der Waals surface area contributed by atoms with Crippen LogP contribution in [0.4, 0.5) is 5.69 Å². The maximum atomic E-state index is 12.3. The number of carbonyl (C=O) groups excluding carboxylic acids is 2. The van der Waals surface area contributed by atoms with E-state index in [1.807, 2.05) is 19.1 Å². The molecule has 6 nitrogen and oxygen atoms in total. The highest BCUT2D eigenvalue weighted by molar-refractivity contribution is 7.12. The molecule has 1 aromatic carbocycles. The van der Waals surface area contributed by atoms with Gasteiger partial charge in [0, 0.05) is 11.1 Å². The van der Waals surface area contributed by atoms with Crippen LogP contribution in [0.5, 0.6) is 5.75 Å². The first kappa shape index (κ1) is 19.4. The van der Waals surface area contributed by atoms with E-state index in [-0.39, 0.29) is 17.4 Å². The van der Waals surface area contributed by atoms with Gasteiger partial charge in [0.1, 0.15) is 10.4 Å². The summed E-state index contributed by atoms with van der Waals surface area (Å²) in [5, 5.41) is 5.67. The number of aryl methyl sites for hydroxylation is 1. The van der Waals surface area contributed by atoms with Crippen molar-refractivity contribution < 1.29 is 19.1 Å². The van der Waals surface area contributed by atoms with E-state index in [0.717, 1.165) is 5.69 Å². The fourth-order valence-corrected chi connectivity index (χ4v) is 3.75. The van der Waals surface area contributed by atoms with E-state index >= 15 is 0 Å². The Morgan fingerprint density at radius 1 is 1.22 bits per heavy atom. The van der Waals surface area contributed by atoms with Crippen LogP contribution in [0.2, 0.25) is 10.0 Å². The first-order chi connectivity index (χ1) is 12.9. The lowest BCUT2D eigenvalue weighted by Gasteiger charge is -2.12. The molecule has 0 bridgehead atoms. The topological polar surface area (TPSA) is 77.5 Å². The zero-order valence-electron chi connectivity index (χ0n) is 14.3. The molecule has 0 spiro atoms. The number of halogens is 2. The number of nitrogens with zero attached hydrogens (tertiary/aromatic N) is 1. The number of amides is 1. The summed E-state index contributed by atoms with van der Waals surface area (Å²) in [6.07, 6.45) is 0. The predicted octanol–water partition coefficient (Wildman–Crippen LogP) is 4.72. The van der Waals surface area contributed by atoms with Gasteiger partial charge >= 0.3 is 5.97 Å². The molecule has 0 aliphatic heterocycles. The second-order valence-corrected chi connectivity index (χ2v) is 7.24. The van der Waals surface area contributed by atoms with Crippen molar-refractivity contribution in [1.82, 2.24) is 4.98 Å². The number of hydrogen-bond acceptors (Lipinski definition) is 6. The number of anilines is 1. The number of rotatable bonds is 5. The van der Waals surface area contributed by atoms with E-state index in [4.69, 9.17) is 27.9 Å². The molecule has 27 heavy (non-hydrogen) atoms. The highest BCUT2D eigenvalue weighted by Gasteiger charge is 2.18. The number of pyridine rings is 1. The number of fused-ring (bicyclic) bond motifs is 1. The predicted molar refractivity (Wildman–Crippen MR) is 106 cm³/mol. The van der Waals surface area contributed by atoms with Gasteiger partial charge in [-0.3, -0.25) is 4.79 Å². The molecule has 3 aromatic rings. The molecule has 140 valence electrons. The molecule has 0 aliphatic rings. The molecule has 0 radical (unpaired) electrons. The molecule has 0 aliphatic carbocycles. The third-order valence-electron chi connectivity index (χ3n) is 3.63. The number of carbonyl (C=O) groups is 2. The van der Waals surface area contributed by atoms with E-state index < -0.39 is 11.9 Å². The van der Waals surface area contributed by atoms with Gasteiger partial charge < -0.3 is 14.8 Å². The number of ether oxygens (including phenoxy) is 2. The Kier molecular flexibility index (Phi) is 5.84. The van der Waals surface area contributed by atoms with Crippen LogP contribution in [0.1, 0.15) is 15.4 Å². The second-order valence-electron chi connectivity index (χ2n) is 5.51. The fourth-order valence-electron chi connectivity index (χ4n) is 2.41. The number of aromatic nitrogens is 1. The summed E-state index contributed by atoms with van der Waals surface area (Å²) in [6, 6.07) is 6.80. The van der Waals surface area contributed by atoms with Gasteiger partial charge in [0.05, 0.1) is 22.8 Å². The molecular weight excluding hydrogens is 411 g/mol. The minimum atomic E-state index is -0.521. The van der Waals surface area contributed by atoms with Gasteiger partial charge in [0.25, 0.3) is 5.91 Å². The van der Waals surface area contributed by atoms with Gasteiger partial charge in [0.2, 0.25) is 0 Å². The number of methoxy groups -OCH3 is 1. The Labute approximate surface area is 169 Å². The van der Waals surface area contributed by atoms with Crippen LogP contribution in [-0.4, -0.2) is 30.6 Å². The van der Waals surface area contributed by atoms with Gasteiger partial charge in [-0.15, -0.1) is 11.3 Å². The minimum Gasteiger partial charge on any atom is -0.480 e. The molecule has 2 aromatic heterocycles. The molecule has 1 amide bonds. The molecule has 0 unspecified atom stereocenters. The average Bonchev–Trinajstić information content (AvgIpc) is 3.08. The molecule has 0 saturated carbocycles. The van der Waals surface area contributed by atoms with Crippen LogP contribution in [-0.2, 0) is 9.53 Å².